The van der Waals surface area contributed by atoms with Crippen molar-refractivity contribution < 1.29 is 0 Å². The fraction of sp³-hybridized carbons (Fsp3) is 0.500. The second-order valence-electron chi connectivity index (χ2n) is 13.2. The maximum Gasteiger partial charge on any atom is 0.0278 e. The predicted molar refractivity (Wildman–Crippen MR) is 179 cm³/mol. The van der Waals surface area contributed by atoms with Gasteiger partial charge in [-0.05, 0) is 101 Å². The van der Waals surface area contributed by atoms with Crippen LogP contribution in [0, 0.1) is 40.4 Å². The molecule has 214 valence electrons. The monoisotopic (exact) mass is 534 g/mol. The first-order chi connectivity index (χ1) is 18.8. The first kappa shape index (κ1) is 33.2. The van der Waals surface area contributed by atoms with E-state index in [-0.39, 0.29) is 5.41 Å². The Bertz CT molecular complexity index is 1260. The van der Waals surface area contributed by atoms with Gasteiger partial charge in [-0.3, -0.25) is 0 Å². The molecule has 0 amide bonds. The molecule has 0 nitrogen and oxygen atoms in total. The number of rotatable bonds is 6. The Labute approximate surface area is 247 Å². The highest BCUT2D eigenvalue weighted by Gasteiger charge is 2.30. The molecule has 0 radical (unpaired) electrons. The van der Waals surface area contributed by atoms with Crippen molar-refractivity contribution in [2.75, 3.05) is 0 Å². The molecule has 0 N–H and O–H groups in total. The first-order valence-corrected chi connectivity index (χ1v) is 15.3. The van der Waals surface area contributed by atoms with E-state index in [4.69, 9.17) is 0 Å². The zero-order valence-corrected chi connectivity index (χ0v) is 27.2. The van der Waals surface area contributed by atoms with E-state index in [1.165, 1.54) is 55.2 Å². The molecule has 0 heteroatoms. The van der Waals surface area contributed by atoms with E-state index in [0.29, 0.717) is 11.3 Å². The van der Waals surface area contributed by atoms with Crippen LogP contribution >= 0.6 is 0 Å². The summed E-state index contributed by atoms with van der Waals surface area (Å²) in [7, 11) is 0. The van der Waals surface area contributed by atoms with Crippen molar-refractivity contribution in [3.05, 3.63) is 93.7 Å². The average molecular weight is 535 g/mol. The van der Waals surface area contributed by atoms with Gasteiger partial charge in [-0.2, -0.15) is 0 Å². The molecule has 0 heterocycles. The molecule has 0 spiro atoms. The van der Waals surface area contributed by atoms with Gasteiger partial charge in [0.2, 0.25) is 0 Å². The van der Waals surface area contributed by atoms with Gasteiger partial charge >= 0.3 is 0 Å². The van der Waals surface area contributed by atoms with E-state index >= 15 is 0 Å². The van der Waals surface area contributed by atoms with E-state index < -0.39 is 0 Å². The van der Waals surface area contributed by atoms with Gasteiger partial charge in [-0.15, -0.1) is 0 Å². The molecule has 1 unspecified atom stereocenters. The minimum absolute atomic E-state index is 0.286. The Hall–Kier alpha value is -2.96. The quantitative estimate of drug-likeness (QED) is 0.235. The van der Waals surface area contributed by atoms with E-state index in [1.54, 1.807) is 11.1 Å². The van der Waals surface area contributed by atoms with Crippen molar-refractivity contribution in [3.63, 3.8) is 0 Å². The Morgan fingerprint density at radius 3 is 2.30 bits per heavy atom. The normalized spacial score (nSPS) is 23.4. The second-order valence-corrected chi connectivity index (χ2v) is 13.2. The molecule has 2 aliphatic carbocycles. The minimum atomic E-state index is 0.286. The maximum atomic E-state index is 3.26. The molecule has 0 aromatic rings. The van der Waals surface area contributed by atoms with Crippen LogP contribution in [0.4, 0.5) is 0 Å². The maximum absolute atomic E-state index is 3.26. The van der Waals surface area contributed by atoms with Crippen LogP contribution < -0.4 is 0 Å². The Morgan fingerprint density at radius 1 is 0.875 bits per heavy atom. The van der Waals surface area contributed by atoms with Gasteiger partial charge in [-0.1, -0.05) is 136 Å². The van der Waals surface area contributed by atoms with Crippen molar-refractivity contribution in [1.82, 2.24) is 0 Å². The van der Waals surface area contributed by atoms with Crippen LogP contribution in [0.1, 0.15) is 114 Å². The van der Waals surface area contributed by atoms with E-state index in [9.17, 15) is 0 Å². The van der Waals surface area contributed by atoms with Gasteiger partial charge in [0.25, 0.3) is 0 Å². The van der Waals surface area contributed by atoms with Crippen molar-refractivity contribution in [1.29, 1.82) is 0 Å². The molecule has 1 fully saturated rings. The van der Waals surface area contributed by atoms with Crippen LogP contribution in [-0.2, 0) is 0 Å². The number of hydrogen-bond donors (Lipinski definition) is 0. The van der Waals surface area contributed by atoms with Crippen molar-refractivity contribution in [2.24, 2.45) is 16.7 Å². The summed E-state index contributed by atoms with van der Waals surface area (Å²) in [6, 6.07) is 0. The average Bonchev–Trinajstić information content (AvgIpc) is 2.85. The van der Waals surface area contributed by atoms with Crippen molar-refractivity contribution in [2.45, 2.75) is 114 Å². The molecule has 0 aromatic carbocycles. The molecule has 0 aromatic heterocycles. The summed E-state index contributed by atoms with van der Waals surface area (Å²) in [5, 5.41) is 0. The summed E-state index contributed by atoms with van der Waals surface area (Å²) in [5.41, 5.74) is 9.78. The van der Waals surface area contributed by atoms with Gasteiger partial charge in [0.1, 0.15) is 0 Å². The van der Waals surface area contributed by atoms with Gasteiger partial charge in [-0.25, -0.2) is 0 Å². The largest absolute Gasteiger partial charge is 0.0940 e. The lowest BCUT2D eigenvalue weighted by atomic mass is 9.68. The zero-order valence-electron chi connectivity index (χ0n) is 27.2. The Balaban J connectivity index is 1.89. The van der Waals surface area contributed by atoms with Crippen LogP contribution in [-0.4, -0.2) is 0 Å². The number of allylic oxidation sites excluding steroid dienone is 16. The van der Waals surface area contributed by atoms with Crippen molar-refractivity contribution >= 4 is 0 Å². The number of hydrogen-bond acceptors (Lipinski definition) is 0. The predicted octanol–water partition coefficient (Wildman–Crippen LogP) is 11.6. The molecule has 1 atom stereocenters. The third-order valence-electron chi connectivity index (χ3n) is 8.41. The summed E-state index contributed by atoms with van der Waals surface area (Å²) >= 11 is 0. The molecule has 40 heavy (non-hydrogen) atoms. The lowest BCUT2D eigenvalue weighted by Crippen LogP contribution is -2.24. The molecule has 1 saturated carbocycles. The Kier molecular flexibility index (Phi) is 13.1. The minimum Gasteiger partial charge on any atom is -0.0940 e. The Morgan fingerprint density at radius 2 is 1.60 bits per heavy atom. The summed E-state index contributed by atoms with van der Waals surface area (Å²) in [4.78, 5) is 0. The van der Waals surface area contributed by atoms with Gasteiger partial charge < -0.3 is 0 Å². The fourth-order valence-corrected chi connectivity index (χ4v) is 5.86. The molecular formula is C40H54. The van der Waals surface area contributed by atoms with E-state index in [2.05, 4.69) is 135 Å². The SMILES string of the molecule is CC1=C(/C=C/C(C)=C/C=C/C(C)=C/CC#C/C(C)=C/C#C/C(C)=C/C=C2\C(C)CCCC2(C)C)C(C)(C)CCC1. The summed E-state index contributed by atoms with van der Waals surface area (Å²) in [5.74, 6) is 13.6. The van der Waals surface area contributed by atoms with Gasteiger partial charge in [0.15, 0.2) is 0 Å². The molecule has 2 rings (SSSR count). The topological polar surface area (TPSA) is 0 Å². The van der Waals surface area contributed by atoms with Crippen LogP contribution in [0.3, 0.4) is 0 Å². The lowest BCUT2D eigenvalue weighted by molar-refractivity contribution is 0.290. The highest BCUT2D eigenvalue weighted by atomic mass is 14.4. The molecule has 2 aliphatic rings. The van der Waals surface area contributed by atoms with Crippen LogP contribution in [0.5, 0.6) is 0 Å². The lowest BCUT2D eigenvalue weighted by Gasteiger charge is -2.37. The fourth-order valence-electron chi connectivity index (χ4n) is 5.86. The smallest absolute Gasteiger partial charge is 0.0278 e. The third kappa shape index (κ3) is 11.3. The van der Waals surface area contributed by atoms with E-state index in [1.807, 2.05) is 13.0 Å². The molecule has 0 bridgehead atoms. The highest BCUT2D eigenvalue weighted by Crippen LogP contribution is 2.43. The summed E-state index contributed by atoms with van der Waals surface area (Å²) in [6.07, 6.45) is 28.1. The van der Waals surface area contributed by atoms with Gasteiger partial charge in [0, 0.05) is 12.0 Å². The first-order valence-electron chi connectivity index (χ1n) is 15.3. The van der Waals surface area contributed by atoms with Crippen LogP contribution in [0.25, 0.3) is 0 Å². The van der Waals surface area contributed by atoms with E-state index in [0.717, 1.165) is 17.6 Å². The summed E-state index contributed by atoms with van der Waals surface area (Å²) < 4.78 is 0. The standard InChI is InChI=1S/C40H54/c1-31(19-13-21-33(3)25-27-37-35(5)23-15-29-39(37,7)8)17-11-12-18-32(2)20-14-22-34(4)26-28-38-36(6)24-16-30-40(38,9)10/h13,17,19-21,25-28,36H,11,15-16,23-24,29-30H2,1-10H3/b19-13+,27-25+,31-17+,32-20+,33-21+,34-26+,38-28+. The van der Waals surface area contributed by atoms with Crippen LogP contribution in [0.2, 0.25) is 0 Å². The second kappa shape index (κ2) is 15.7. The molecule has 0 aliphatic heterocycles. The van der Waals surface area contributed by atoms with Gasteiger partial charge in [0.05, 0.1) is 0 Å². The molecule has 0 saturated heterocycles. The third-order valence-corrected chi connectivity index (χ3v) is 8.41. The zero-order chi connectivity index (χ0) is 29.8. The highest BCUT2D eigenvalue weighted by molar-refractivity contribution is 5.40. The van der Waals surface area contributed by atoms with Crippen LogP contribution in [0.15, 0.2) is 93.7 Å². The molecular weight excluding hydrogens is 480 g/mol. The summed E-state index contributed by atoms with van der Waals surface area (Å²) in [6.45, 7) is 22.5. The van der Waals surface area contributed by atoms with Crippen molar-refractivity contribution in [3.8, 4) is 23.7 Å².